The van der Waals surface area contributed by atoms with E-state index in [9.17, 15) is 55.1 Å². The Balaban J connectivity index is 2.21. The first-order valence-corrected chi connectivity index (χ1v) is 10.4. The lowest BCUT2D eigenvalue weighted by Gasteiger charge is -2.49. The van der Waals surface area contributed by atoms with Crippen LogP contribution in [0.3, 0.4) is 0 Å². The molecule has 0 saturated carbocycles. The van der Waals surface area contributed by atoms with E-state index in [1.165, 1.54) is 6.07 Å². The number of nitrogens with one attached hydrogen (secondary N) is 2. The second-order valence-electron chi connectivity index (χ2n) is 8.21. The second kappa shape index (κ2) is 8.88. The van der Waals surface area contributed by atoms with Gasteiger partial charge in [0.15, 0.2) is 0 Å². The van der Waals surface area contributed by atoms with E-state index in [0.717, 1.165) is 12.3 Å². The van der Waals surface area contributed by atoms with E-state index >= 15 is 0 Å². The molecule has 2 fully saturated rings. The van der Waals surface area contributed by atoms with Gasteiger partial charge in [0.1, 0.15) is 48.3 Å². The van der Waals surface area contributed by atoms with Crippen molar-refractivity contribution in [3.05, 3.63) is 65.7 Å². The van der Waals surface area contributed by atoms with Crippen LogP contribution >= 0.6 is 0 Å². The highest BCUT2D eigenvalue weighted by Crippen LogP contribution is 2.53. The zero-order valence-electron chi connectivity index (χ0n) is 18.1. The van der Waals surface area contributed by atoms with Crippen LogP contribution in [-0.4, -0.2) is 99.6 Å². The Morgan fingerprint density at radius 3 is 1.83 bits per heavy atom. The highest BCUT2D eigenvalue weighted by molar-refractivity contribution is 5.25. The number of nitrogens with zero attached hydrogens (tertiary/aromatic N) is 3. The molecule has 194 valence electrons. The van der Waals surface area contributed by atoms with Crippen molar-refractivity contribution < 1.29 is 40.1 Å². The molecule has 0 aliphatic carbocycles. The van der Waals surface area contributed by atoms with Crippen LogP contribution in [0, 0.1) is 11.3 Å². The van der Waals surface area contributed by atoms with Gasteiger partial charge in [-0.05, 0) is 0 Å². The summed E-state index contributed by atoms with van der Waals surface area (Å²) >= 11 is 0. The van der Waals surface area contributed by atoms with Crippen LogP contribution in [0.4, 0.5) is 0 Å². The largest absolute Gasteiger partial charge is 0.394 e. The maximum absolute atomic E-state index is 13.0. The van der Waals surface area contributed by atoms with Gasteiger partial charge in [-0.1, -0.05) is 0 Å². The zero-order valence-corrected chi connectivity index (χ0v) is 18.1. The number of hydrogen-bond donors (Lipinski definition) is 8. The summed E-state index contributed by atoms with van der Waals surface area (Å²) in [5.74, 6) is 0. The Hall–Kier alpha value is -3.47. The summed E-state index contributed by atoms with van der Waals surface area (Å²) in [5, 5.41) is 72.7. The Morgan fingerprint density at radius 2 is 1.39 bits per heavy atom. The number of aromatic amines is 2. The van der Waals surface area contributed by atoms with Crippen molar-refractivity contribution in [1.82, 2.24) is 19.1 Å². The van der Waals surface area contributed by atoms with Crippen molar-refractivity contribution in [3.63, 3.8) is 0 Å². The first-order chi connectivity index (χ1) is 17.0. The molecule has 2 aliphatic rings. The molecule has 8 atom stereocenters. The first kappa shape index (κ1) is 25.6. The Morgan fingerprint density at radius 1 is 0.889 bits per heavy atom. The number of ether oxygens (including phenoxy) is 2. The molecule has 0 radical (unpaired) electrons. The van der Waals surface area contributed by atoms with Gasteiger partial charge in [-0.2, -0.15) is 5.26 Å². The third-order valence-corrected chi connectivity index (χ3v) is 6.35. The first-order valence-electron chi connectivity index (χ1n) is 10.4. The summed E-state index contributed by atoms with van der Waals surface area (Å²) in [6.07, 6.45) is -10.8. The third kappa shape index (κ3) is 3.25. The van der Waals surface area contributed by atoms with E-state index in [2.05, 4.69) is 0 Å². The van der Waals surface area contributed by atoms with Crippen LogP contribution in [0.5, 0.6) is 0 Å². The molecule has 4 rings (SSSR count). The maximum atomic E-state index is 13.0. The van der Waals surface area contributed by atoms with Crippen molar-refractivity contribution in [2.24, 2.45) is 0 Å². The number of H-pyrrole nitrogens is 2. The molecule has 0 aromatic carbocycles. The predicted octanol–water partition coefficient (Wildman–Crippen LogP) is -6.51. The topological polar surface area (TPSA) is 273 Å². The van der Waals surface area contributed by atoms with Crippen LogP contribution in [0.1, 0.15) is 5.56 Å². The van der Waals surface area contributed by atoms with Crippen molar-refractivity contribution in [1.29, 1.82) is 5.26 Å². The molecule has 2 aromatic rings. The molecule has 2 aromatic heterocycles. The fourth-order valence-corrected chi connectivity index (χ4v) is 4.71. The van der Waals surface area contributed by atoms with Gasteiger partial charge >= 0.3 is 11.4 Å². The average Bonchev–Trinajstić information content (AvgIpc) is 3.25. The number of rotatable bonds is 5. The lowest BCUT2D eigenvalue weighted by molar-refractivity contribution is -0.327. The van der Waals surface area contributed by atoms with Gasteiger partial charge in [0, 0.05) is 18.5 Å². The molecule has 0 amide bonds. The van der Waals surface area contributed by atoms with Crippen molar-refractivity contribution in [2.75, 3.05) is 13.2 Å². The zero-order chi connectivity index (χ0) is 26.6. The number of hydrogen-bond acceptors (Lipinski definition) is 13. The van der Waals surface area contributed by atoms with E-state index in [0.29, 0.717) is 15.3 Å². The van der Waals surface area contributed by atoms with Crippen LogP contribution < -0.4 is 22.5 Å². The summed E-state index contributed by atoms with van der Waals surface area (Å²) in [4.78, 5) is 53.4. The van der Waals surface area contributed by atoms with Crippen LogP contribution in [0.15, 0.2) is 37.6 Å². The standard InChI is InChI=1S/C19H21N5O12/c20-3-7-4-24(17(34)22-15(7)32)19(14(31)12(29)9(6-26)36-19)18(13(30)11(28)8(5-25)35-18)23-2-1-10(27)21-16(23)33/h1-2,4,8-9,11-14,25-26,28-31H,5-6H2,(H,21,27,33)(H,22,32,34)/t8-,9-,11-,12-,13-,14-,18+,19+/m1/s1. The SMILES string of the molecule is N#Cc1cn([C@]2([C@@]3(n4ccc(=O)[nH]c4=O)O[C@H](CO)[C@@H](O)[C@H]3O)O[C@H](CO)[C@@H](O)[C@H]2O)c(=O)[nH]c1=O. The predicted molar refractivity (Wildman–Crippen MR) is 111 cm³/mol. The molecule has 36 heavy (non-hydrogen) atoms. The van der Waals surface area contributed by atoms with E-state index < -0.39 is 89.3 Å². The quantitative estimate of drug-likeness (QED) is 0.186. The molecule has 17 nitrogen and oxygen atoms in total. The minimum Gasteiger partial charge on any atom is -0.394 e. The van der Waals surface area contributed by atoms with Gasteiger partial charge in [-0.25, -0.2) is 9.59 Å². The Labute approximate surface area is 198 Å². The van der Waals surface area contributed by atoms with Crippen molar-refractivity contribution >= 4 is 0 Å². The number of aliphatic hydroxyl groups excluding tert-OH is 6. The van der Waals surface area contributed by atoms with E-state index in [4.69, 9.17) is 9.47 Å². The molecule has 0 spiro atoms. The second-order valence-corrected chi connectivity index (χ2v) is 8.21. The Kier molecular flexibility index (Phi) is 6.32. The summed E-state index contributed by atoms with van der Waals surface area (Å²) in [6, 6.07) is 2.28. The average molecular weight is 511 g/mol. The molecule has 0 bridgehead atoms. The van der Waals surface area contributed by atoms with Gasteiger partial charge in [-0.15, -0.1) is 0 Å². The molecular formula is C19H21N5O12. The number of nitriles is 1. The van der Waals surface area contributed by atoms with Gasteiger partial charge in [0.05, 0.1) is 13.2 Å². The summed E-state index contributed by atoms with van der Waals surface area (Å²) in [7, 11) is 0. The minimum atomic E-state index is -3.01. The Bertz CT molecular complexity index is 1440. The fraction of sp³-hybridized carbons (Fsp3) is 0.526. The molecule has 17 heteroatoms. The lowest BCUT2D eigenvalue weighted by Crippen LogP contribution is -2.71. The number of aromatic nitrogens is 4. The molecule has 8 N–H and O–H groups in total. The summed E-state index contributed by atoms with van der Waals surface area (Å²) < 4.78 is 12.2. The highest BCUT2D eigenvalue weighted by Gasteiger charge is 2.76. The van der Waals surface area contributed by atoms with Crippen LogP contribution in [0.2, 0.25) is 0 Å². The smallest absolute Gasteiger partial charge is 0.330 e. The van der Waals surface area contributed by atoms with Crippen LogP contribution in [-0.2, 0) is 20.9 Å². The fourth-order valence-electron chi connectivity index (χ4n) is 4.71. The summed E-state index contributed by atoms with van der Waals surface area (Å²) in [5.41, 5.74) is -11.5. The van der Waals surface area contributed by atoms with Gasteiger partial charge in [0.2, 0.25) is 11.4 Å². The highest BCUT2D eigenvalue weighted by atomic mass is 16.6. The monoisotopic (exact) mass is 511 g/mol. The third-order valence-electron chi connectivity index (χ3n) is 6.35. The van der Waals surface area contributed by atoms with E-state index in [1.54, 1.807) is 4.98 Å². The lowest BCUT2D eigenvalue weighted by atomic mass is 9.85. The van der Waals surface area contributed by atoms with Gasteiger partial charge in [0.25, 0.3) is 11.1 Å². The molecule has 0 unspecified atom stereocenters. The van der Waals surface area contributed by atoms with Gasteiger partial charge < -0.3 is 40.1 Å². The molecular weight excluding hydrogens is 490 g/mol. The van der Waals surface area contributed by atoms with Crippen molar-refractivity contribution in [3.8, 4) is 6.07 Å². The minimum absolute atomic E-state index is 0.351. The number of aliphatic hydroxyl groups is 6. The normalized spacial score (nSPS) is 36.1. The maximum Gasteiger partial charge on any atom is 0.330 e. The van der Waals surface area contributed by atoms with E-state index in [1.807, 2.05) is 4.98 Å². The molecule has 2 aliphatic heterocycles. The molecule has 2 saturated heterocycles. The molecule has 4 heterocycles. The summed E-state index contributed by atoms with van der Waals surface area (Å²) in [6.45, 7) is -1.96. The van der Waals surface area contributed by atoms with Gasteiger partial charge in [-0.3, -0.25) is 28.7 Å². The van der Waals surface area contributed by atoms with E-state index in [-0.39, 0.29) is 0 Å². The van der Waals surface area contributed by atoms with Crippen LogP contribution in [0.25, 0.3) is 0 Å². The van der Waals surface area contributed by atoms with Crippen molar-refractivity contribution in [2.45, 2.75) is 48.1 Å².